The van der Waals surface area contributed by atoms with E-state index in [1.165, 1.54) is 5.39 Å². The van der Waals surface area contributed by atoms with Gasteiger partial charge in [0.15, 0.2) is 0 Å². The maximum absolute atomic E-state index is 12.0. The van der Waals surface area contributed by atoms with Crippen LogP contribution in [0.25, 0.3) is 10.8 Å². The van der Waals surface area contributed by atoms with Crippen LogP contribution in [0.1, 0.15) is 37.3 Å². The van der Waals surface area contributed by atoms with Gasteiger partial charge in [-0.25, -0.2) is 0 Å². The van der Waals surface area contributed by atoms with Crippen molar-refractivity contribution in [3.63, 3.8) is 0 Å². The molecule has 0 amide bonds. The number of carbonyl (C=O) groups is 1. The lowest BCUT2D eigenvalue weighted by Crippen LogP contribution is -2.18. The first-order chi connectivity index (χ1) is 8.36. The Balaban J connectivity index is 2.13. The first-order valence-corrected chi connectivity index (χ1v) is 6.22. The molecule has 1 aliphatic carbocycles. The highest BCUT2D eigenvalue weighted by molar-refractivity contribution is 5.92. The van der Waals surface area contributed by atoms with Gasteiger partial charge < -0.3 is 0 Å². The SMILES string of the molecule is O=C1CCCC[C@@H]1c1nccc2ccccc12. The molecule has 1 fully saturated rings. The number of benzene rings is 1. The number of rotatable bonds is 1. The molecule has 1 aromatic carbocycles. The summed E-state index contributed by atoms with van der Waals surface area (Å²) >= 11 is 0. The van der Waals surface area contributed by atoms with Gasteiger partial charge in [-0.3, -0.25) is 9.78 Å². The maximum atomic E-state index is 12.0. The number of hydrogen-bond acceptors (Lipinski definition) is 2. The molecule has 0 spiro atoms. The average molecular weight is 225 g/mol. The maximum Gasteiger partial charge on any atom is 0.141 e. The molecule has 1 aliphatic rings. The highest BCUT2D eigenvalue weighted by Gasteiger charge is 2.26. The van der Waals surface area contributed by atoms with Crippen molar-refractivity contribution in [2.45, 2.75) is 31.6 Å². The predicted molar refractivity (Wildman–Crippen MR) is 68.0 cm³/mol. The molecule has 0 N–H and O–H groups in total. The molecule has 0 aliphatic heterocycles. The van der Waals surface area contributed by atoms with E-state index in [4.69, 9.17) is 0 Å². The van der Waals surface area contributed by atoms with E-state index >= 15 is 0 Å². The van der Waals surface area contributed by atoms with E-state index in [0.29, 0.717) is 5.78 Å². The number of fused-ring (bicyclic) bond motifs is 1. The quantitative estimate of drug-likeness (QED) is 0.744. The van der Waals surface area contributed by atoms with Crippen molar-refractivity contribution in [1.82, 2.24) is 4.98 Å². The molecule has 0 bridgehead atoms. The second kappa shape index (κ2) is 4.28. The van der Waals surface area contributed by atoms with Crippen LogP contribution in [0.3, 0.4) is 0 Å². The number of nitrogens with zero attached hydrogens (tertiary/aromatic N) is 1. The van der Waals surface area contributed by atoms with Crippen molar-refractivity contribution in [3.05, 3.63) is 42.2 Å². The summed E-state index contributed by atoms with van der Waals surface area (Å²) in [6, 6.07) is 10.2. The minimum absolute atomic E-state index is 0.0230. The zero-order valence-corrected chi connectivity index (χ0v) is 9.73. The molecule has 1 aromatic heterocycles. The van der Waals surface area contributed by atoms with E-state index in [1.807, 2.05) is 24.4 Å². The van der Waals surface area contributed by atoms with Gasteiger partial charge in [-0.1, -0.05) is 30.7 Å². The smallest absolute Gasteiger partial charge is 0.141 e. The number of hydrogen-bond donors (Lipinski definition) is 0. The minimum atomic E-state index is 0.0230. The zero-order valence-electron chi connectivity index (χ0n) is 9.73. The van der Waals surface area contributed by atoms with Crippen molar-refractivity contribution in [1.29, 1.82) is 0 Å². The van der Waals surface area contributed by atoms with Crippen LogP contribution >= 0.6 is 0 Å². The Kier molecular flexibility index (Phi) is 2.63. The Bertz CT molecular complexity index is 556. The van der Waals surface area contributed by atoms with Crippen LogP contribution < -0.4 is 0 Å². The molecule has 2 nitrogen and oxygen atoms in total. The van der Waals surface area contributed by atoms with Gasteiger partial charge >= 0.3 is 0 Å². The van der Waals surface area contributed by atoms with E-state index in [9.17, 15) is 4.79 Å². The van der Waals surface area contributed by atoms with Gasteiger partial charge in [0, 0.05) is 18.0 Å². The summed E-state index contributed by atoms with van der Waals surface area (Å²) < 4.78 is 0. The van der Waals surface area contributed by atoms with Crippen LogP contribution in [0.15, 0.2) is 36.5 Å². The lowest BCUT2D eigenvalue weighted by molar-refractivity contribution is -0.121. The summed E-state index contributed by atoms with van der Waals surface area (Å²) in [6.07, 6.45) is 5.68. The number of ketones is 1. The monoisotopic (exact) mass is 225 g/mol. The minimum Gasteiger partial charge on any atom is -0.299 e. The van der Waals surface area contributed by atoms with Crippen LogP contribution in [-0.2, 0) is 4.79 Å². The van der Waals surface area contributed by atoms with Crippen LogP contribution in [0.4, 0.5) is 0 Å². The predicted octanol–water partition coefficient (Wildman–Crippen LogP) is 3.46. The standard InChI is InChI=1S/C15H15NO/c17-14-8-4-3-7-13(14)15-12-6-2-1-5-11(12)9-10-16-15/h1-2,5-6,9-10,13H,3-4,7-8H2/t13-/m0/s1. The Hall–Kier alpha value is -1.70. The van der Waals surface area contributed by atoms with Crippen molar-refractivity contribution in [2.75, 3.05) is 0 Å². The van der Waals surface area contributed by atoms with Crippen molar-refractivity contribution in [2.24, 2.45) is 0 Å². The number of aromatic nitrogens is 1. The lowest BCUT2D eigenvalue weighted by Gasteiger charge is -2.21. The molecule has 1 heterocycles. The molecule has 1 atom stereocenters. The normalized spacial score (nSPS) is 20.7. The molecule has 86 valence electrons. The fourth-order valence-corrected chi connectivity index (χ4v) is 2.69. The summed E-state index contributed by atoms with van der Waals surface area (Å²) in [5.41, 5.74) is 0.979. The Morgan fingerprint density at radius 1 is 1.12 bits per heavy atom. The van der Waals surface area contributed by atoms with Gasteiger partial charge in [-0.2, -0.15) is 0 Å². The molecule has 0 unspecified atom stereocenters. The van der Waals surface area contributed by atoms with E-state index in [0.717, 1.165) is 36.8 Å². The summed E-state index contributed by atoms with van der Waals surface area (Å²) in [4.78, 5) is 16.5. The molecule has 2 heteroatoms. The Morgan fingerprint density at radius 3 is 2.88 bits per heavy atom. The van der Waals surface area contributed by atoms with E-state index in [-0.39, 0.29) is 5.92 Å². The number of pyridine rings is 1. The van der Waals surface area contributed by atoms with Crippen molar-refractivity contribution in [3.8, 4) is 0 Å². The summed E-state index contributed by atoms with van der Waals surface area (Å²) in [7, 11) is 0. The van der Waals surface area contributed by atoms with Gasteiger partial charge in [0.2, 0.25) is 0 Å². The highest BCUT2D eigenvalue weighted by Crippen LogP contribution is 2.32. The lowest BCUT2D eigenvalue weighted by atomic mass is 9.84. The second-order valence-electron chi connectivity index (χ2n) is 4.68. The van der Waals surface area contributed by atoms with Gasteiger partial charge in [0.1, 0.15) is 5.78 Å². The van der Waals surface area contributed by atoms with Crippen LogP contribution in [-0.4, -0.2) is 10.8 Å². The summed E-state index contributed by atoms with van der Waals surface area (Å²) in [6.45, 7) is 0. The van der Waals surface area contributed by atoms with Gasteiger partial charge in [-0.05, 0) is 24.3 Å². The molecule has 0 saturated heterocycles. The number of Topliss-reactive ketones (excluding diaryl/α,β-unsaturated/α-hetero) is 1. The molecule has 3 rings (SSSR count). The first kappa shape index (κ1) is 10.5. The average Bonchev–Trinajstić information content (AvgIpc) is 2.39. The van der Waals surface area contributed by atoms with E-state index < -0.39 is 0 Å². The third-order valence-electron chi connectivity index (χ3n) is 3.59. The summed E-state index contributed by atoms with van der Waals surface area (Å²) in [5.74, 6) is 0.384. The van der Waals surface area contributed by atoms with Crippen molar-refractivity contribution < 1.29 is 4.79 Å². The molecule has 2 aromatic rings. The molecule has 1 saturated carbocycles. The molecular formula is C15H15NO. The Labute approximate surface area is 101 Å². The zero-order chi connectivity index (χ0) is 11.7. The molecule has 17 heavy (non-hydrogen) atoms. The van der Waals surface area contributed by atoms with E-state index in [2.05, 4.69) is 17.1 Å². The van der Waals surface area contributed by atoms with Crippen LogP contribution in [0, 0.1) is 0 Å². The number of carbonyl (C=O) groups excluding carboxylic acids is 1. The summed E-state index contributed by atoms with van der Waals surface area (Å²) in [5, 5.41) is 2.31. The van der Waals surface area contributed by atoms with Crippen LogP contribution in [0.2, 0.25) is 0 Å². The molecule has 0 radical (unpaired) electrons. The second-order valence-corrected chi connectivity index (χ2v) is 4.68. The fourth-order valence-electron chi connectivity index (χ4n) is 2.69. The fraction of sp³-hybridized carbons (Fsp3) is 0.333. The molecular weight excluding hydrogens is 210 g/mol. The highest BCUT2D eigenvalue weighted by atomic mass is 16.1. The van der Waals surface area contributed by atoms with Crippen LogP contribution in [0.5, 0.6) is 0 Å². The largest absolute Gasteiger partial charge is 0.299 e. The first-order valence-electron chi connectivity index (χ1n) is 6.22. The van der Waals surface area contributed by atoms with Gasteiger partial charge in [-0.15, -0.1) is 0 Å². The van der Waals surface area contributed by atoms with Crippen molar-refractivity contribution >= 4 is 16.6 Å². The third-order valence-corrected chi connectivity index (χ3v) is 3.59. The Morgan fingerprint density at radius 2 is 2.00 bits per heavy atom. The van der Waals surface area contributed by atoms with E-state index in [1.54, 1.807) is 0 Å². The van der Waals surface area contributed by atoms with Gasteiger partial charge in [0.05, 0.1) is 11.6 Å². The third kappa shape index (κ3) is 1.84. The topological polar surface area (TPSA) is 30.0 Å². The van der Waals surface area contributed by atoms with Gasteiger partial charge in [0.25, 0.3) is 0 Å².